The topological polar surface area (TPSA) is 69.6 Å². The smallest absolute Gasteiger partial charge is 0.416 e. The maximum Gasteiger partial charge on any atom is 0.416 e. The molecular weight excluding hydrogens is 289 g/mol. The van der Waals surface area contributed by atoms with E-state index in [4.69, 9.17) is 5.11 Å². The molecule has 1 aromatic rings. The third-order valence-electron chi connectivity index (χ3n) is 2.91. The summed E-state index contributed by atoms with van der Waals surface area (Å²) in [5, 5.41) is 11.1. The van der Waals surface area contributed by atoms with Crippen molar-refractivity contribution in [2.75, 3.05) is 18.9 Å². The molecule has 0 saturated carbocycles. The molecule has 0 aliphatic heterocycles. The normalized spacial score (nSPS) is 13.0. The maximum atomic E-state index is 12.4. The Morgan fingerprint density at radius 1 is 1.29 bits per heavy atom. The predicted molar refractivity (Wildman–Crippen MR) is 69.8 cm³/mol. The Bertz CT molecular complexity index is 514. The van der Waals surface area contributed by atoms with E-state index in [2.05, 4.69) is 5.32 Å². The maximum absolute atomic E-state index is 12.4. The van der Waals surface area contributed by atoms with Crippen molar-refractivity contribution in [1.82, 2.24) is 4.90 Å². The quantitative estimate of drug-likeness (QED) is 0.873. The Hall–Kier alpha value is -2.09. The van der Waals surface area contributed by atoms with Gasteiger partial charge < -0.3 is 10.4 Å². The van der Waals surface area contributed by atoms with Crippen LogP contribution in [-0.2, 0) is 15.8 Å². The lowest BCUT2D eigenvalue weighted by atomic mass is 10.2. The molecule has 21 heavy (non-hydrogen) atoms. The summed E-state index contributed by atoms with van der Waals surface area (Å²) < 4.78 is 37.2. The van der Waals surface area contributed by atoms with Crippen molar-refractivity contribution in [1.29, 1.82) is 0 Å². The number of carboxylic acid groups (broad SMARTS) is 1. The fraction of sp³-hybridized carbons (Fsp3) is 0.385. The molecule has 1 unspecified atom stereocenters. The molecule has 0 bridgehead atoms. The van der Waals surface area contributed by atoms with E-state index >= 15 is 0 Å². The fourth-order valence-corrected chi connectivity index (χ4v) is 1.54. The highest BCUT2D eigenvalue weighted by Gasteiger charge is 2.30. The first kappa shape index (κ1) is 17.0. The van der Waals surface area contributed by atoms with Crippen molar-refractivity contribution in [3.05, 3.63) is 29.8 Å². The van der Waals surface area contributed by atoms with E-state index < -0.39 is 29.7 Å². The van der Waals surface area contributed by atoms with E-state index in [-0.39, 0.29) is 12.2 Å². The summed E-state index contributed by atoms with van der Waals surface area (Å²) in [6.45, 7) is 1.18. The van der Waals surface area contributed by atoms with Gasteiger partial charge in [-0.15, -0.1) is 0 Å². The molecule has 0 saturated heterocycles. The third kappa shape index (κ3) is 5.07. The van der Waals surface area contributed by atoms with Gasteiger partial charge in [0.1, 0.15) is 0 Å². The number of likely N-dealkylation sites (N-methyl/N-ethyl adjacent to an activating group) is 1. The van der Waals surface area contributed by atoms with Gasteiger partial charge in [0.25, 0.3) is 0 Å². The van der Waals surface area contributed by atoms with Gasteiger partial charge in [-0.3, -0.25) is 14.5 Å². The number of amides is 1. The summed E-state index contributed by atoms with van der Waals surface area (Å²) in [6.07, 6.45) is -4.43. The summed E-state index contributed by atoms with van der Waals surface area (Å²) in [5.74, 6) is -1.58. The third-order valence-corrected chi connectivity index (χ3v) is 2.91. The highest BCUT2D eigenvalue weighted by Crippen LogP contribution is 2.29. The van der Waals surface area contributed by atoms with Gasteiger partial charge in [-0.2, -0.15) is 13.2 Å². The highest BCUT2D eigenvalue weighted by atomic mass is 19.4. The van der Waals surface area contributed by atoms with Gasteiger partial charge in [0.05, 0.1) is 18.2 Å². The van der Waals surface area contributed by atoms with Gasteiger partial charge in [0, 0.05) is 5.69 Å². The summed E-state index contributed by atoms with van der Waals surface area (Å²) >= 11 is 0. The number of nitrogens with one attached hydrogen (secondary N) is 1. The highest BCUT2D eigenvalue weighted by molar-refractivity contribution is 5.94. The minimum Gasteiger partial charge on any atom is -0.480 e. The number of benzene rings is 1. The van der Waals surface area contributed by atoms with Crippen LogP contribution in [0.15, 0.2) is 24.3 Å². The van der Waals surface area contributed by atoms with Crippen molar-refractivity contribution < 1.29 is 27.9 Å². The van der Waals surface area contributed by atoms with Crippen molar-refractivity contribution >= 4 is 17.6 Å². The Kier molecular flexibility index (Phi) is 5.31. The minimum absolute atomic E-state index is 0.212. The van der Waals surface area contributed by atoms with Crippen LogP contribution < -0.4 is 5.32 Å². The number of aliphatic carboxylic acids is 1. The number of rotatable bonds is 5. The standard InChI is InChI=1S/C13H15F3N2O3/c1-8(18(2)7-11(19)20)12(21)17-10-5-3-9(4-6-10)13(14,15)16/h3-6,8H,7H2,1-2H3,(H,17,21)(H,19,20). The van der Waals surface area contributed by atoms with Crippen LogP contribution in [0.5, 0.6) is 0 Å². The van der Waals surface area contributed by atoms with Crippen molar-refractivity contribution in [2.24, 2.45) is 0 Å². The Labute approximate surface area is 119 Å². The average molecular weight is 304 g/mol. The van der Waals surface area contributed by atoms with E-state index in [1.54, 1.807) is 0 Å². The number of carboxylic acids is 1. The summed E-state index contributed by atoms with van der Waals surface area (Å²) in [6, 6.07) is 3.28. The molecule has 0 heterocycles. The lowest BCUT2D eigenvalue weighted by molar-refractivity contribution is -0.139. The van der Waals surface area contributed by atoms with E-state index in [0.29, 0.717) is 0 Å². The monoisotopic (exact) mass is 304 g/mol. The SMILES string of the molecule is CC(C(=O)Nc1ccc(C(F)(F)F)cc1)N(C)CC(=O)O. The number of nitrogens with zero attached hydrogens (tertiary/aromatic N) is 1. The number of carbonyl (C=O) groups excluding carboxylic acids is 1. The van der Waals surface area contributed by atoms with Gasteiger partial charge in [-0.05, 0) is 38.2 Å². The summed E-state index contributed by atoms with van der Waals surface area (Å²) in [7, 11) is 1.46. The van der Waals surface area contributed by atoms with Gasteiger partial charge in [-0.25, -0.2) is 0 Å². The van der Waals surface area contributed by atoms with Gasteiger partial charge in [0.15, 0.2) is 0 Å². The largest absolute Gasteiger partial charge is 0.480 e. The molecule has 1 aromatic carbocycles. The number of alkyl halides is 3. The molecule has 1 rings (SSSR count). The van der Waals surface area contributed by atoms with Crippen LogP contribution in [0.1, 0.15) is 12.5 Å². The minimum atomic E-state index is -4.43. The summed E-state index contributed by atoms with van der Waals surface area (Å²) in [4.78, 5) is 23.7. The van der Waals surface area contributed by atoms with Gasteiger partial charge in [0.2, 0.25) is 5.91 Å². The first-order chi connectivity index (χ1) is 9.61. The molecule has 2 N–H and O–H groups in total. The molecule has 8 heteroatoms. The molecule has 1 amide bonds. The molecule has 1 atom stereocenters. The van der Waals surface area contributed by atoms with Crippen molar-refractivity contribution in [3.63, 3.8) is 0 Å². The number of carbonyl (C=O) groups is 2. The second-order valence-corrected chi connectivity index (χ2v) is 4.55. The molecule has 0 aliphatic rings. The van der Waals surface area contributed by atoms with E-state index in [1.807, 2.05) is 0 Å². The molecule has 0 radical (unpaired) electrons. The second kappa shape index (κ2) is 6.57. The number of anilines is 1. The first-order valence-electron chi connectivity index (χ1n) is 6.01. The Balaban J connectivity index is 2.68. The molecular formula is C13H15F3N2O3. The van der Waals surface area contributed by atoms with Gasteiger partial charge >= 0.3 is 12.1 Å². The first-order valence-corrected chi connectivity index (χ1v) is 6.01. The average Bonchev–Trinajstić information content (AvgIpc) is 2.36. The van der Waals surface area contributed by atoms with Crippen molar-refractivity contribution in [2.45, 2.75) is 19.1 Å². The van der Waals surface area contributed by atoms with E-state index in [1.165, 1.54) is 18.9 Å². The Morgan fingerprint density at radius 3 is 2.24 bits per heavy atom. The zero-order valence-corrected chi connectivity index (χ0v) is 11.4. The number of halogens is 3. The van der Waals surface area contributed by atoms with Crippen LogP contribution in [0.2, 0.25) is 0 Å². The van der Waals surface area contributed by atoms with Crippen LogP contribution in [0, 0.1) is 0 Å². The fourth-order valence-electron chi connectivity index (χ4n) is 1.54. The molecule has 116 valence electrons. The van der Waals surface area contributed by atoms with Crippen molar-refractivity contribution in [3.8, 4) is 0 Å². The Morgan fingerprint density at radius 2 is 1.81 bits per heavy atom. The molecule has 0 spiro atoms. The molecule has 0 fully saturated rings. The lowest BCUT2D eigenvalue weighted by Crippen LogP contribution is -2.42. The van der Waals surface area contributed by atoms with Crippen LogP contribution in [0.25, 0.3) is 0 Å². The van der Waals surface area contributed by atoms with Crippen LogP contribution in [0.4, 0.5) is 18.9 Å². The zero-order chi connectivity index (χ0) is 16.2. The predicted octanol–water partition coefficient (Wildman–Crippen LogP) is 2.05. The molecule has 0 aliphatic carbocycles. The van der Waals surface area contributed by atoms with E-state index in [0.717, 1.165) is 24.3 Å². The van der Waals surface area contributed by atoms with Gasteiger partial charge in [-0.1, -0.05) is 0 Å². The zero-order valence-electron chi connectivity index (χ0n) is 11.4. The molecule has 0 aromatic heterocycles. The number of hydrogen-bond donors (Lipinski definition) is 2. The van der Waals surface area contributed by atoms with Crippen LogP contribution in [0.3, 0.4) is 0 Å². The summed E-state index contributed by atoms with van der Waals surface area (Å²) in [5.41, 5.74) is -0.597. The van der Waals surface area contributed by atoms with Crippen LogP contribution >= 0.6 is 0 Å². The lowest BCUT2D eigenvalue weighted by Gasteiger charge is -2.22. The van der Waals surface area contributed by atoms with Crippen LogP contribution in [-0.4, -0.2) is 41.5 Å². The number of hydrogen-bond acceptors (Lipinski definition) is 3. The second-order valence-electron chi connectivity index (χ2n) is 4.55. The van der Waals surface area contributed by atoms with E-state index in [9.17, 15) is 22.8 Å². The molecule has 5 nitrogen and oxygen atoms in total.